The molecule has 0 radical (unpaired) electrons. The molecule has 1 aromatic rings. The molecule has 1 aromatic carbocycles. The molecule has 18 heavy (non-hydrogen) atoms. The van der Waals surface area contributed by atoms with Crippen LogP contribution >= 0.6 is 23.2 Å². The molecule has 0 aliphatic carbocycles. The van der Waals surface area contributed by atoms with Crippen molar-refractivity contribution in [3.63, 3.8) is 0 Å². The maximum atomic E-state index is 6.11. The lowest BCUT2D eigenvalue weighted by Gasteiger charge is -2.27. The molecule has 2 nitrogen and oxygen atoms in total. The Morgan fingerprint density at radius 2 is 1.89 bits per heavy atom. The number of nitrogens with one attached hydrogen (secondary N) is 1. The summed E-state index contributed by atoms with van der Waals surface area (Å²) in [7, 11) is 0. The van der Waals surface area contributed by atoms with E-state index in [9.17, 15) is 0 Å². The minimum Gasteiger partial charge on any atom is -0.490 e. The minimum atomic E-state index is 0.203. The maximum Gasteiger partial charge on any atom is 0.122 e. The van der Waals surface area contributed by atoms with Crippen molar-refractivity contribution >= 4 is 23.2 Å². The highest BCUT2D eigenvalue weighted by Crippen LogP contribution is 2.29. The molecule has 1 heterocycles. The van der Waals surface area contributed by atoms with Gasteiger partial charge in [0.25, 0.3) is 0 Å². The molecule has 1 aliphatic rings. The van der Waals surface area contributed by atoms with Gasteiger partial charge in [0, 0.05) is 22.5 Å². The van der Waals surface area contributed by atoms with E-state index in [4.69, 9.17) is 27.9 Å². The minimum absolute atomic E-state index is 0.203. The molecule has 0 amide bonds. The third kappa shape index (κ3) is 3.53. The molecule has 1 aliphatic heterocycles. The van der Waals surface area contributed by atoms with Crippen LogP contribution in [0.2, 0.25) is 10.0 Å². The zero-order valence-electron chi connectivity index (χ0n) is 10.7. The Kier molecular flexibility index (Phi) is 4.77. The standard InChI is InChI=1S/C14H19Cl2NO/c1-9(2)14(10-3-4-17-8-10)18-13-6-11(15)5-12(16)7-13/h5-7,9-10,14,17H,3-4,8H2,1-2H3/t10?,14-/m0/s1. The monoisotopic (exact) mass is 287 g/mol. The number of benzene rings is 1. The smallest absolute Gasteiger partial charge is 0.122 e. The largest absolute Gasteiger partial charge is 0.490 e. The van der Waals surface area contributed by atoms with E-state index in [2.05, 4.69) is 19.2 Å². The van der Waals surface area contributed by atoms with Crippen molar-refractivity contribution in [1.82, 2.24) is 5.32 Å². The molecule has 0 saturated carbocycles. The average Bonchev–Trinajstić information content (AvgIpc) is 2.77. The van der Waals surface area contributed by atoms with Crippen molar-refractivity contribution in [2.75, 3.05) is 13.1 Å². The van der Waals surface area contributed by atoms with Gasteiger partial charge in [-0.3, -0.25) is 0 Å². The summed E-state index contributed by atoms with van der Waals surface area (Å²) in [6, 6.07) is 5.37. The van der Waals surface area contributed by atoms with Crippen molar-refractivity contribution in [2.24, 2.45) is 11.8 Å². The van der Waals surface area contributed by atoms with Gasteiger partial charge in [-0.15, -0.1) is 0 Å². The van der Waals surface area contributed by atoms with E-state index in [0.717, 1.165) is 25.3 Å². The summed E-state index contributed by atoms with van der Waals surface area (Å²) >= 11 is 12.0. The lowest BCUT2D eigenvalue weighted by molar-refractivity contribution is 0.0974. The predicted molar refractivity (Wildman–Crippen MR) is 76.7 cm³/mol. The van der Waals surface area contributed by atoms with Gasteiger partial charge in [0.2, 0.25) is 0 Å². The van der Waals surface area contributed by atoms with Crippen LogP contribution in [0.15, 0.2) is 18.2 Å². The summed E-state index contributed by atoms with van der Waals surface area (Å²) in [5.74, 6) is 1.79. The second kappa shape index (κ2) is 6.14. The molecule has 0 spiro atoms. The van der Waals surface area contributed by atoms with Crippen molar-refractivity contribution in [3.05, 3.63) is 28.2 Å². The van der Waals surface area contributed by atoms with Gasteiger partial charge in [-0.2, -0.15) is 0 Å². The fourth-order valence-corrected chi connectivity index (χ4v) is 2.99. The summed E-state index contributed by atoms with van der Waals surface area (Å²) in [6.45, 7) is 6.48. The fourth-order valence-electron chi connectivity index (χ4n) is 2.49. The lowest BCUT2D eigenvalue weighted by atomic mass is 9.92. The Morgan fingerprint density at radius 3 is 2.39 bits per heavy atom. The van der Waals surface area contributed by atoms with E-state index in [-0.39, 0.29) is 6.10 Å². The van der Waals surface area contributed by atoms with Crippen LogP contribution in [0.1, 0.15) is 20.3 Å². The summed E-state index contributed by atoms with van der Waals surface area (Å²) in [6.07, 6.45) is 1.37. The van der Waals surface area contributed by atoms with Gasteiger partial charge in [-0.1, -0.05) is 37.0 Å². The Labute approximate surface area is 119 Å². The van der Waals surface area contributed by atoms with Crippen LogP contribution in [0.4, 0.5) is 0 Å². The molecule has 4 heteroatoms. The fraction of sp³-hybridized carbons (Fsp3) is 0.571. The third-order valence-corrected chi connectivity index (χ3v) is 3.76. The summed E-state index contributed by atoms with van der Waals surface area (Å²) in [5.41, 5.74) is 0. The van der Waals surface area contributed by atoms with Crippen molar-refractivity contribution in [3.8, 4) is 5.75 Å². The van der Waals surface area contributed by atoms with E-state index >= 15 is 0 Å². The van der Waals surface area contributed by atoms with Gasteiger partial charge in [0.1, 0.15) is 11.9 Å². The quantitative estimate of drug-likeness (QED) is 0.904. The van der Waals surface area contributed by atoms with Gasteiger partial charge in [-0.05, 0) is 37.1 Å². The van der Waals surface area contributed by atoms with Crippen molar-refractivity contribution in [2.45, 2.75) is 26.4 Å². The number of halogens is 2. The SMILES string of the molecule is CC(C)[C@H](Oc1cc(Cl)cc(Cl)c1)C1CCNC1. The normalized spacial score (nSPS) is 21.3. The second-order valence-electron chi connectivity index (χ2n) is 5.18. The predicted octanol–water partition coefficient (Wildman–Crippen LogP) is 4.01. The van der Waals surface area contributed by atoms with Crippen molar-refractivity contribution < 1.29 is 4.74 Å². The Hall–Kier alpha value is -0.440. The van der Waals surface area contributed by atoms with Gasteiger partial charge < -0.3 is 10.1 Å². The molecule has 100 valence electrons. The molecule has 0 aromatic heterocycles. The van der Waals surface area contributed by atoms with E-state index in [1.165, 1.54) is 0 Å². The first-order chi connectivity index (χ1) is 8.56. The maximum absolute atomic E-state index is 6.11. The Morgan fingerprint density at radius 1 is 1.22 bits per heavy atom. The van der Waals surface area contributed by atoms with E-state index in [1.807, 2.05) is 12.1 Å². The molecule has 1 fully saturated rings. The number of hydrogen-bond donors (Lipinski definition) is 1. The van der Waals surface area contributed by atoms with E-state index in [1.54, 1.807) is 6.07 Å². The van der Waals surface area contributed by atoms with Crippen LogP contribution in [-0.2, 0) is 0 Å². The van der Waals surface area contributed by atoms with Gasteiger partial charge in [0.15, 0.2) is 0 Å². The number of ether oxygens (including phenoxy) is 1. The molecule has 2 atom stereocenters. The topological polar surface area (TPSA) is 21.3 Å². The summed E-state index contributed by atoms with van der Waals surface area (Å²) in [5, 5.41) is 4.61. The van der Waals surface area contributed by atoms with Crippen LogP contribution in [0.3, 0.4) is 0 Å². The van der Waals surface area contributed by atoms with E-state index in [0.29, 0.717) is 21.9 Å². The first kappa shape index (κ1) is 14.0. The number of rotatable bonds is 4. The molecule has 0 bridgehead atoms. The van der Waals surface area contributed by atoms with Crippen LogP contribution in [0.25, 0.3) is 0 Å². The lowest BCUT2D eigenvalue weighted by Crippen LogP contribution is -2.33. The van der Waals surface area contributed by atoms with Gasteiger partial charge >= 0.3 is 0 Å². The Bertz CT molecular complexity index is 383. The summed E-state index contributed by atoms with van der Waals surface area (Å²) in [4.78, 5) is 0. The zero-order valence-corrected chi connectivity index (χ0v) is 12.3. The van der Waals surface area contributed by atoms with Crippen LogP contribution < -0.4 is 10.1 Å². The highest BCUT2D eigenvalue weighted by atomic mass is 35.5. The van der Waals surface area contributed by atoms with E-state index < -0.39 is 0 Å². The average molecular weight is 288 g/mol. The number of hydrogen-bond acceptors (Lipinski definition) is 2. The molecule has 2 rings (SSSR count). The zero-order chi connectivity index (χ0) is 13.1. The molecular weight excluding hydrogens is 269 g/mol. The van der Waals surface area contributed by atoms with Crippen molar-refractivity contribution in [1.29, 1.82) is 0 Å². The summed E-state index contributed by atoms with van der Waals surface area (Å²) < 4.78 is 6.11. The molecule has 1 saturated heterocycles. The van der Waals surface area contributed by atoms with Crippen LogP contribution in [0.5, 0.6) is 5.75 Å². The van der Waals surface area contributed by atoms with Crippen LogP contribution in [0, 0.1) is 11.8 Å². The second-order valence-corrected chi connectivity index (χ2v) is 6.06. The third-order valence-electron chi connectivity index (χ3n) is 3.33. The molecular formula is C14H19Cl2NO. The highest BCUT2D eigenvalue weighted by molar-refractivity contribution is 6.34. The molecule has 1 N–H and O–H groups in total. The van der Waals surface area contributed by atoms with Gasteiger partial charge in [0.05, 0.1) is 0 Å². The first-order valence-corrected chi connectivity index (χ1v) is 7.15. The highest BCUT2D eigenvalue weighted by Gasteiger charge is 2.29. The first-order valence-electron chi connectivity index (χ1n) is 6.39. The van der Waals surface area contributed by atoms with Crippen LogP contribution in [-0.4, -0.2) is 19.2 Å². The molecule has 1 unspecified atom stereocenters. The Balaban J connectivity index is 2.12. The van der Waals surface area contributed by atoms with Gasteiger partial charge in [-0.25, -0.2) is 0 Å².